The van der Waals surface area contributed by atoms with Crippen molar-refractivity contribution in [3.63, 3.8) is 0 Å². The number of nitrogen functional groups attached to an aromatic ring is 1. The Bertz CT molecular complexity index is 814. The minimum absolute atomic E-state index is 0.178. The smallest absolute Gasteiger partial charge is 0.337 e. The van der Waals surface area contributed by atoms with E-state index in [9.17, 15) is 13.6 Å². The van der Waals surface area contributed by atoms with Crippen LogP contribution in [0.15, 0.2) is 72.8 Å². The van der Waals surface area contributed by atoms with Gasteiger partial charge in [-0.15, -0.1) is 0 Å². The van der Waals surface area contributed by atoms with Crippen LogP contribution >= 0.6 is 0 Å². The second kappa shape index (κ2) is 8.44. The highest BCUT2D eigenvalue weighted by atomic mass is 19.1. The number of rotatable bonds is 3. The maximum absolute atomic E-state index is 12.7. The van der Waals surface area contributed by atoms with Gasteiger partial charge in [-0.3, -0.25) is 0 Å². The summed E-state index contributed by atoms with van der Waals surface area (Å²) < 4.78 is 24.7. The average molecular weight is 342 g/mol. The van der Waals surface area contributed by atoms with Crippen LogP contribution in [-0.2, 0) is 0 Å². The molecular formula is C19H16F2N2O2. The van der Waals surface area contributed by atoms with Gasteiger partial charge in [0.1, 0.15) is 11.6 Å². The third-order valence-corrected chi connectivity index (χ3v) is 3.15. The Morgan fingerprint density at radius 2 is 1.36 bits per heavy atom. The lowest BCUT2D eigenvalue weighted by molar-refractivity contribution is 0.0698. The van der Waals surface area contributed by atoms with Crippen LogP contribution in [0.5, 0.6) is 0 Å². The Morgan fingerprint density at radius 3 is 1.88 bits per heavy atom. The minimum atomic E-state index is -1.00. The summed E-state index contributed by atoms with van der Waals surface area (Å²) in [5.41, 5.74) is 7.14. The van der Waals surface area contributed by atoms with Gasteiger partial charge < -0.3 is 16.2 Å². The van der Waals surface area contributed by atoms with Gasteiger partial charge in [0.15, 0.2) is 0 Å². The molecule has 3 rings (SSSR count). The lowest BCUT2D eigenvalue weighted by Gasteiger charge is -2.09. The third-order valence-electron chi connectivity index (χ3n) is 3.15. The van der Waals surface area contributed by atoms with Gasteiger partial charge >= 0.3 is 5.97 Å². The number of aromatic carboxylic acids is 1. The molecule has 128 valence electrons. The van der Waals surface area contributed by atoms with Crippen LogP contribution in [0.1, 0.15) is 10.4 Å². The zero-order valence-corrected chi connectivity index (χ0v) is 13.1. The van der Waals surface area contributed by atoms with E-state index in [0.29, 0.717) is 17.1 Å². The molecule has 3 aromatic carbocycles. The maximum atomic E-state index is 12.7. The van der Waals surface area contributed by atoms with E-state index in [-0.39, 0.29) is 17.2 Å². The summed E-state index contributed by atoms with van der Waals surface area (Å²) in [4.78, 5) is 11.0. The zero-order valence-electron chi connectivity index (χ0n) is 13.1. The van der Waals surface area contributed by atoms with Crippen molar-refractivity contribution in [1.82, 2.24) is 0 Å². The van der Waals surface area contributed by atoms with Crippen LogP contribution in [0.4, 0.5) is 25.8 Å². The molecule has 6 heteroatoms. The predicted molar refractivity (Wildman–Crippen MR) is 93.9 cm³/mol. The van der Waals surface area contributed by atoms with Crippen LogP contribution in [-0.4, -0.2) is 11.1 Å². The Balaban J connectivity index is 0.000000236. The Kier molecular flexibility index (Phi) is 6.06. The predicted octanol–water partition coefficient (Wildman–Crippen LogP) is 4.68. The first-order valence-electron chi connectivity index (χ1n) is 7.31. The van der Waals surface area contributed by atoms with Gasteiger partial charge in [-0.05, 0) is 60.7 Å². The Morgan fingerprint density at radius 1 is 0.840 bits per heavy atom. The van der Waals surface area contributed by atoms with E-state index in [1.165, 1.54) is 42.5 Å². The quantitative estimate of drug-likeness (QED) is 0.604. The summed E-state index contributed by atoms with van der Waals surface area (Å²) >= 11 is 0. The van der Waals surface area contributed by atoms with E-state index in [4.69, 9.17) is 10.8 Å². The van der Waals surface area contributed by atoms with Gasteiger partial charge in [0.05, 0.1) is 11.3 Å². The van der Waals surface area contributed by atoms with Crippen molar-refractivity contribution in [3.8, 4) is 0 Å². The molecule has 0 amide bonds. The van der Waals surface area contributed by atoms with E-state index in [1.807, 2.05) is 0 Å². The molecule has 0 aromatic heterocycles. The number of benzene rings is 3. The van der Waals surface area contributed by atoms with Gasteiger partial charge in [-0.1, -0.05) is 12.1 Å². The molecule has 0 saturated heterocycles. The molecule has 0 aliphatic carbocycles. The highest BCUT2D eigenvalue weighted by Gasteiger charge is 2.08. The first-order chi connectivity index (χ1) is 12.0. The number of anilines is 3. The molecule has 25 heavy (non-hydrogen) atoms. The van der Waals surface area contributed by atoms with Crippen molar-refractivity contribution in [2.45, 2.75) is 0 Å². The molecule has 4 nitrogen and oxygen atoms in total. The number of carboxylic acid groups (broad SMARTS) is 1. The van der Waals surface area contributed by atoms with Gasteiger partial charge in [-0.2, -0.15) is 0 Å². The van der Waals surface area contributed by atoms with Gasteiger partial charge in [0.25, 0.3) is 0 Å². The second-order valence-corrected chi connectivity index (χ2v) is 5.03. The molecule has 4 N–H and O–H groups in total. The molecule has 0 bridgehead atoms. The SMILES string of the molecule is Nc1ccc(F)cc1.O=C(O)c1ccccc1Nc1ccc(F)cc1. The monoisotopic (exact) mass is 342 g/mol. The van der Waals surface area contributed by atoms with Crippen molar-refractivity contribution in [3.05, 3.63) is 90.0 Å². The summed E-state index contributed by atoms with van der Waals surface area (Å²) in [6, 6.07) is 18.0. The number of nitrogens with two attached hydrogens (primary N) is 1. The maximum Gasteiger partial charge on any atom is 0.337 e. The molecule has 0 saturated carbocycles. The van der Waals surface area contributed by atoms with Crippen molar-refractivity contribution >= 4 is 23.0 Å². The number of halogens is 2. The molecule has 0 heterocycles. The molecule has 0 aliphatic rings. The van der Waals surface area contributed by atoms with Gasteiger partial charge in [0, 0.05) is 11.4 Å². The summed E-state index contributed by atoms with van der Waals surface area (Å²) in [7, 11) is 0. The molecule has 0 aliphatic heterocycles. The number of hydrogen-bond donors (Lipinski definition) is 3. The Hall–Kier alpha value is -3.41. The fourth-order valence-electron chi connectivity index (χ4n) is 1.93. The van der Waals surface area contributed by atoms with E-state index in [0.717, 1.165) is 0 Å². The molecule has 0 atom stereocenters. The van der Waals surface area contributed by atoms with Crippen molar-refractivity contribution < 1.29 is 18.7 Å². The molecule has 0 fully saturated rings. The lowest BCUT2D eigenvalue weighted by atomic mass is 10.1. The number of carbonyl (C=O) groups is 1. The number of nitrogens with one attached hydrogen (secondary N) is 1. The van der Waals surface area contributed by atoms with Crippen LogP contribution in [0.3, 0.4) is 0 Å². The average Bonchev–Trinajstić information content (AvgIpc) is 2.60. The third kappa shape index (κ3) is 5.62. The van der Waals surface area contributed by atoms with Gasteiger partial charge in [-0.25, -0.2) is 13.6 Å². The van der Waals surface area contributed by atoms with Crippen LogP contribution < -0.4 is 11.1 Å². The fraction of sp³-hybridized carbons (Fsp3) is 0. The molecule has 3 aromatic rings. The van der Waals surface area contributed by atoms with E-state index in [2.05, 4.69) is 5.32 Å². The van der Waals surface area contributed by atoms with Crippen LogP contribution in [0.2, 0.25) is 0 Å². The number of para-hydroxylation sites is 1. The normalized spacial score (nSPS) is 9.68. The van der Waals surface area contributed by atoms with Crippen molar-refractivity contribution in [2.24, 2.45) is 0 Å². The van der Waals surface area contributed by atoms with Crippen LogP contribution in [0, 0.1) is 11.6 Å². The summed E-state index contributed by atoms with van der Waals surface area (Å²) in [6.07, 6.45) is 0. The minimum Gasteiger partial charge on any atom is -0.478 e. The van der Waals surface area contributed by atoms with Crippen LogP contribution in [0.25, 0.3) is 0 Å². The Labute approximate surface area is 143 Å². The number of carboxylic acids is 1. The van der Waals surface area contributed by atoms with E-state index < -0.39 is 5.97 Å². The van der Waals surface area contributed by atoms with Crippen molar-refractivity contribution in [1.29, 1.82) is 0 Å². The van der Waals surface area contributed by atoms with E-state index in [1.54, 1.807) is 30.3 Å². The standard InChI is InChI=1S/C13H10FNO2.C6H6FN/c14-9-5-7-10(8-6-9)15-12-4-2-1-3-11(12)13(16)17;7-5-1-3-6(8)4-2-5/h1-8,15H,(H,16,17);1-4H,8H2. The highest BCUT2D eigenvalue weighted by molar-refractivity contribution is 5.95. The molecular weight excluding hydrogens is 326 g/mol. The molecule has 0 unspecified atom stereocenters. The molecule has 0 spiro atoms. The first-order valence-corrected chi connectivity index (χ1v) is 7.31. The first kappa shape index (κ1) is 17.9. The van der Waals surface area contributed by atoms with E-state index >= 15 is 0 Å². The topological polar surface area (TPSA) is 75.4 Å². The number of hydrogen-bond acceptors (Lipinski definition) is 3. The fourth-order valence-corrected chi connectivity index (χ4v) is 1.93. The van der Waals surface area contributed by atoms with Gasteiger partial charge in [0.2, 0.25) is 0 Å². The largest absolute Gasteiger partial charge is 0.478 e. The summed E-state index contributed by atoms with van der Waals surface area (Å²) in [5, 5.41) is 11.9. The lowest BCUT2D eigenvalue weighted by Crippen LogP contribution is -2.02. The summed E-state index contributed by atoms with van der Waals surface area (Å²) in [6.45, 7) is 0. The summed E-state index contributed by atoms with van der Waals surface area (Å²) in [5.74, 6) is -1.59. The zero-order chi connectivity index (χ0) is 18.2. The second-order valence-electron chi connectivity index (χ2n) is 5.03. The van der Waals surface area contributed by atoms with Crippen molar-refractivity contribution in [2.75, 3.05) is 11.1 Å². The molecule has 0 radical (unpaired) electrons. The highest BCUT2D eigenvalue weighted by Crippen LogP contribution is 2.20.